The van der Waals surface area contributed by atoms with Gasteiger partial charge in [0.1, 0.15) is 4.60 Å². The zero-order valence-corrected chi connectivity index (χ0v) is 12.3. The summed E-state index contributed by atoms with van der Waals surface area (Å²) in [5.74, 6) is -1.63. The van der Waals surface area contributed by atoms with Crippen LogP contribution in [0.1, 0.15) is 20.7 Å². The van der Waals surface area contributed by atoms with Gasteiger partial charge < -0.3 is 10.4 Å². The van der Waals surface area contributed by atoms with Crippen LogP contribution in [0.15, 0.2) is 41.1 Å². The molecule has 0 aliphatic carbocycles. The highest BCUT2D eigenvalue weighted by molar-refractivity contribution is 9.10. The highest BCUT2D eigenvalue weighted by Crippen LogP contribution is 2.23. The monoisotopic (exact) mass is 354 g/mol. The molecular weight excluding hydrogens is 348 g/mol. The van der Waals surface area contributed by atoms with Gasteiger partial charge in [0.2, 0.25) is 0 Å². The number of anilines is 1. The number of nitrogens with zero attached hydrogens (tertiary/aromatic N) is 1. The number of hydrogen-bond donors (Lipinski definition) is 2. The Labute approximate surface area is 127 Å². The summed E-state index contributed by atoms with van der Waals surface area (Å²) in [6.07, 6.45) is 1.53. The van der Waals surface area contributed by atoms with Crippen molar-refractivity contribution in [3.63, 3.8) is 0 Å². The largest absolute Gasteiger partial charge is 0.478 e. The first-order valence-electron chi connectivity index (χ1n) is 5.44. The average molecular weight is 356 g/mol. The molecule has 1 aromatic heterocycles. The normalized spacial score (nSPS) is 10.1. The molecule has 20 heavy (non-hydrogen) atoms. The van der Waals surface area contributed by atoms with E-state index in [4.69, 9.17) is 16.7 Å². The van der Waals surface area contributed by atoms with E-state index in [9.17, 15) is 9.59 Å². The van der Waals surface area contributed by atoms with Crippen LogP contribution >= 0.6 is 27.5 Å². The Morgan fingerprint density at radius 3 is 2.65 bits per heavy atom. The lowest BCUT2D eigenvalue weighted by molar-refractivity contribution is 0.0698. The third-order valence-electron chi connectivity index (χ3n) is 2.46. The number of carbonyl (C=O) groups excluding carboxylic acids is 1. The first-order chi connectivity index (χ1) is 9.49. The van der Waals surface area contributed by atoms with Crippen molar-refractivity contribution in [3.8, 4) is 0 Å². The Morgan fingerprint density at radius 2 is 2.00 bits per heavy atom. The van der Waals surface area contributed by atoms with Crippen molar-refractivity contribution in [2.24, 2.45) is 0 Å². The minimum Gasteiger partial charge on any atom is -0.478 e. The Kier molecular flexibility index (Phi) is 4.36. The van der Waals surface area contributed by atoms with Crippen LogP contribution < -0.4 is 5.32 Å². The molecule has 2 rings (SSSR count). The Bertz CT molecular complexity index is 691. The van der Waals surface area contributed by atoms with E-state index in [0.717, 1.165) is 0 Å². The minimum absolute atomic E-state index is 0.0391. The van der Waals surface area contributed by atoms with E-state index in [1.165, 1.54) is 24.4 Å². The molecule has 0 aliphatic rings. The van der Waals surface area contributed by atoms with E-state index in [-0.39, 0.29) is 11.3 Å². The predicted octanol–water partition coefficient (Wildman–Crippen LogP) is 3.45. The maximum atomic E-state index is 12.1. The van der Waals surface area contributed by atoms with Crippen molar-refractivity contribution in [2.45, 2.75) is 0 Å². The Hall–Kier alpha value is -1.92. The maximum Gasteiger partial charge on any atom is 0.337 e. The number of carboxylic acid groups (broad SMARTS) is 1. The van der Waals surface area contributed by atoms with Gasteiger partial charge in [0.05, 0.1) is 16.8 Å². The molecular formula is C13H8BrClN2O3. The molecule has 7 heteroatoms. The summed E-state index contributed by atoms with van der Waals surface area (Å²) in [7, 11) is 0. The van der Waals surface area contributed by atoms with Crippen LogP contribution in [-0.4, -0.2) is 22.0 Å². The number of carbonyl (C=O) groups is 2. The van der Waals surface area contributed by atoms with Gasteiger partial charge in [-0.3, -0.25) is 4.79 Å². The SMILES string of the molecule is O=C(O)c1ccc(Cl)cc1NC(=O)c1cccnc1Br. The number of hydrogen-bond acceptors (Lipinski definition) is 3. The van der Waals surface area contributed by atoms with Crippen LogP contribution in [0, 0.1) is 0 Å². The Balaban J connectivity index is 2.35. The van der Waals surface area contributed by atoms with Gasteiger partial charge in [0.15, 0.2) is 0 Å². The fourth-order valence-corrected chi connectivity index (χ4v) is 2.15. The van der Waals surface area contributed by atoms with Crippen molar-refractivity contribution < 1.29 is 14.7 Å². The molecule has 0 aliphatic heterocycles. The topological polar surface area (TPSA) is 79.3 Å². The fraction of sp³-hybridized carbons (Fsp3) is 0. The van der Waals surface area contributed by atoms with Gasteiger partial charge in [-0.25, -0.2) is 9.78 Å². The summed E-state index contributed by atoms with van der Waals surface area (Å²) >= 11 is 8.97. The summed E-state index contributed by atoms with van der Waals surface area (Å²) in [4.78, 5) is 27.1. The van der Waals surface area contributed by atoms with Crippen LogP contribution in [0.4, 0.5) is 5.69 Å². The second-order valence-corrected chi connectivity index (χ2v) is 4.98. The molecule has 2 N–H and O–H groups in total. The number of amides is 1. The zero-order valence-electron chi connectivity index (χ0n) is 9.93. The number of benzene rings is 1. The van der Waals surface area contributed by atoms with Crippen molar-refractivity contribution in [1.82, 2.24) is 4.98 Å². The standard InChI is InChI=1S/C13H8BrClN2O3/c14-11-9(2-1-5-16-11)12(18)17-10-6-7(15)3-4-8(10)13(19)20/h1-6H,(H,17,18)(H,19,20). The summed E-state index contributed by atoms with van der Waals surface area (Å²) in [5.41, 5.74) is 0.386. The number of halogens is 2. The first-order valence-corrected chi connectivity index (χ1v) is 6.61. The van der Waals surface area contributed by atoms with Crippen molar-refractivity contribution in [2.75, 3.05) is 5.32 Å². The van der Waals surface area contributed by atoms with Crippen LogP contribution in [0.25, 0.3) is 0 Å². The van der Waals surface area contributed by atoms with E-state index in [1.54, 1.807) is 12.1 Å². The fourth-order valence-electron chi connectivity index (χ4n) is 1.55. The van der Waals surface area contributed by atoms with Crippen LogP contribution in [0.3, 0.4) is 0 Å². The third-order valence-corrected chi connectivity index (χ3v) is 3.33. The number of pyridine rings is 1. The summed E-state index contributed by atoms with van der Waals surface area (Å²) in [6, 6.07) is 7.33. The minimum atomic E-state index is -1.15. The van der Waals surface area contributed by atoms with Gasteiger partial charge in [-0.15, -0.1) is 0 Å². The summed E-state index contributed by atoms with van der Waals surface area (Å²) in [5, 5.41) is 11.9. The lowest BCUT2D eigenvalue weighted by Gasteiger charge is -2.09. The number of nitrogens with one attached hydrogen (secondary N) is 1. The average Bonchev–Trinajstić information content (AvgIpc) is 2.38. The highest BCUT2D eigenvalue weighted by atomic mass is 79.9. The van der Waals surface area contributed by atoms with Crippen LogP contribution in [0.5, 0.6) is 0 Å². The molecule has 1 amide bonds. The van der Waals surface area contributed by atoms with Crippen molar-refractivity contribution in [1.29, 1.82) is 0 Å². The molecule has 102 valence electrons. The second kappa shape index (κ2) is 6.02. The first kappa shape index (κ1) is 14.5. The maximum absolute atomic E-state index is 12.1. The predicted molar refractivity (Wildman–Crippen MR) is 78.3 cm³/mol. The van der Waals surface area contributed by atoms with Crippen LogP contribution in [0.2, 0.25) is 5.02 Å². The second-order valence-electron chi connectivity index (χ2n) is 3.79. The van der Waals surface area contributed by atoms with E-state index >= 15 is 0 Å². The lowest BCUT2D eigenvalue weighted by atomic mass is 10.1. The van der Waals surface area contributed by atoms with Gasteiger partial charge >= 0.3 is 5.97 Å². The lowest BCUT2D eigenvalue weighted by Crippen LogP contribution is -2.15. The molecule has 1 aromatic carbocycles. The molecule has 1 heterocycles. The molecule has 0 fully saturated rings. The highest BCUT2D eigenvalue weighted by Gasteiger charge is 2.16. The van der Waals surface area contributed by atoms with Gasteiger partial charge in [0.25, 0.3) is 5.91 Å². The zero-order chi connectivity index (χ0) is 14.7. The number of aromatic nitrogens is 1. The number of aromatic carboxylic acids is 1. The molecule has 0 spiro atoms. The van der Waals surface area contributed by atoms with Gasteiger partial charge in [-0.2, -0.15) is 0 Å². The van der Waals surface area contributed by atoms with E-state index in [2.05, 4.69) is 26.2 Å². The quantitative estimate of drug-likeness (QED) is 0.827. The number of carboxylic acids is 1. The molecule has 0 unspecified atom stereocenters. The smallest absolute Gasteiger partial charge is 0.337 e. The summed E-state index contributed by atoms with van der Waals surface area (Å²) < 4.78 is 0.372. The van der Waals surface area contributed by atoms with Crippen molar-refractivity contribution >= 4 is 45.1 Å². The molecule has 2 aromatic rings. The molecule has 5 nitrogen and oxygen atoms in total. The van der Waals surface area contributed by atoms with Gasteiger partial charge in [-0.1, -0.05) is 11.6 Å². The van der Waals surface area contributed by atoms with Gasteiger partial charge in [0, 0.05) is 11.2 Å². The van der Waals surface area contributed by atoms with Crippen molar-refractivity contribution in [3.05, 3.63) is 57.3 Å². The Morgan fingerprint density at radius 1 is 1.25 bits per heavy atom. The van der Waals surface area contributed by atoms with E-state index in [0.29, 0.717) is 15.2 Å². The molecule has 0 radical (unpaired) electrons. The van der Waals surface area contributed by atoms with Gasteiger partial charge in [-0.05, 0) is 46.3 Å². The molecule has 0 saturated carbocycles. The molecule has 0 atom stereocenters. The van der Waals surface area contributed by atoms with E-state index in [1.807, 2.05) is 0 Å². The molecule has 0 saturated heterocycles. The van der Waals surface area contributed by atoms with E-state index < -0.39 is 11.9 Å². The third kappa shape index (κ3) is 3.15. The summed E-state index contributed by atoms with van der Waals surface area (Å²) in [6.45, 7) is 0. The number of rotatable bonds is 3. The van der Waals surface area contributed by atoms with Crippen LogP contribution in [-0.2, 0) is 0 Å². The molecule has 0 bridgehead atoms.